The van der Waals surface area contributed by atoms with Crippen LogP contribution >= 0.6 is 11.6 Å². The SMILES string of the molecule is O=C(Cl)c1cn(C2CC2)c2cc(OCC(F)(F)F)c(F)cc2c1=O. The molecule has 2 aromatic rings. The highest BCUT2D eigenvalue weighted by molar-refractivity contribution is 6.67. The standard InChI is InChI=1S/C15H10ClF4NO3/c16-14(23)9-5-21(7-1-2-7)11-4-12(24-6-15(18,19)20)10(17)3-8(11)13(9)22/h3-5,7H,1-2,6H2. The topological polar surface area (TPSA) is 48.3 Å². The van der Waals surface area contributed by atoms with Gasteiger partial charge in [-0.25, -0.2) is 4.39 Å². The predicted octanol–water partition coefficient (Wildman–Crippen LogP) is 3.80. The van der Waals surface area contributed by atoms with Crippen LogP contribution in [-0.2, 0) is 0 Å². The number of benzene rings is 1. The Kier molecular flexibility index (Phi) is 4.03. The lowest BCUT2D eigenvalue weighted by Gasteiger charge is -2.14. The first kappa shape index (κ1) is 16.8. The third kappa shape index (κ3) is 3.24. The molecule has 1 aromatic heterocycles. The fourth-order valence-corrected chi connectivity index (χ4v) is 2.55. The van der Waals surface area contributed by atoms with Crippen molar-refractivity contribution in [2.24, 2.45) is 0 Å². The molecule has 1 aliphatic rings. The van der Waals surface area contributed by atoms with Crippen molar-refractivity contribution in [1.82, 2.24) is 4.57 Å². The highest BCUT2D eigenvalue weighted by Gasteiger charge is 2.30. The number of hydrogen-bond donors (Lipinski definition) is 0. The van der Waals surface area contributed by atoms with Crippen LogP contribution in [0, 0.1) is 5.82 Å². The Hall–Kier alpha value is -2.09. The molecule has 1 aromatic carbocycles. The number of hydrogen-bond acceptors (Lipinski definition) is 3. The quantitative estimate of drug-likeness (QED) is 0.613. The number of carbonyl (C=O) groups is 1. The summed E-state index contributed by atoms with van der Waals surface area (Å²) in [7, 11) is 0. The number of pyridine rings is 1. The number of carbonyl (C=O) groups excluding carboxylic acids is 1. The van der Waals surface area contributed by atoms with Gasteiger partial charge in [0.2, 0.25) is 5.43 Å². The summed E-state index contributed by atoms with van der Waals surface area (Å²) >= 11 is 5.38. The van der Waals surface area contributed by atoms with Gasteiger partial charge in [-0.15, -0.1) is 0 Å². The molecule has 0 bridgehead atoms. The Bertz CT molecular complexity index is 887. The normalized spacial score (nSPS) is 14.9. The Balaban J connectivity index is 2.18. The number of nitrogens with zero attached hydrogens (tertiary/aromatic N) is 1. The van der Waals surface area contributed by atoms with Gasteiger partial charge in [-0.1, -0.05) is 0 Å². The van der Waals surface area contributed by atoms with Crippen LogP contribution in [0.4, 0.5) is 17.6 Å². The fraction of sp³-hybridized carbons (Fsp3) is 0.333. The highest BCUT2D eigenvalue weighted by atomic mass is 35.5. The van der Waals surface area contributed by atoms with Gasteiger partial charge >= 0.3 is 6.18 Å². The van der Waals surface area contributed by atoms with E-state index in [9.17, 15) is 27.2 Å². The van der Waals surface area contributed by atoms with Crippen LogP contribution in [0.3, 0.4) is 0 Å². The molecule has 0 N–H and O–H groups in total. The lowest BCUT2D eigenvalue weighted by atomic mass is 10.1. The zero-order valence-corrected chi connectivity index (χ0v) is 12.7. The van der Waals surface area contributed by atoms with Gasteiger partial charge in [-0.3, -0.25) is 9.59 Å². The summed E-state index contributed by atoms with van der Waals surface area (Å²) < 4.78 is 56.8. The van der Waals surface area contributed by atoms with Crippen molar-refractivity contribution in [3.05, 3.63) is 39.9 Å². The molecule has 128 valence electrons. The Morgan fingerprint density at radius 2 is 2.00 bits per heavy atom. The lowest BCUT2D eigenvalue weighted by molar-refractivity contribution is -0.153. The highest BCUT2D eigenvalue weighted by Crippen LogP contribution is 2.38. The van der Waals surface area contributed by atoms with Crippen LogP contribution in [0.25, 0.3) is 10.9 Å². The molecular formula is C15H10ClF4NO3. The molecule has 3 rings (SSSR count). The second-order valence-electron chi connectivity index (χ2n) is 5.49. The monoisotopic (exact) mass is 363 g/mol. The number of fused-ring (bicyclic) bond motifs is 1. The third-order valence-corrected chi connectivity index (χ3v) is 3.83. The van der Waals surface area contributed by atoms with Crippen LogP contribution in [0.1, 0.15) is 29.2 Å². The average molecular weight is 364 g/mol. The van der Waals surface area contributed by atoms with Crippen molar-refractivity contribution < 1.29 is 27.1 Å². The van der Waals surface area contributed by atoms with Gasteiger partial charge < -0.3 is 9.30 Å². The maximum absolute atomic E-state index is 14.0. The average Bonchev–Trinajstić information content (AvgIpc) is 3.29. The first-order valence-corrected chi connectivity index (χ1v) is 7.33. The van der Waals surface area contributed by atoms with Gasteiger partial charge in [0.25, 0.3) is 5.24 Å². The summed E-state index contributed by atoms with van der Waals surface area (Å²) in [5, 5.41) is -1.11. The molecule has 24 heavy (non-hydrogen) atoms. The predicted molar refractivity (Wildman–Crippen MR) is 78.2 cm³/mol. The van der Waals surface area contributed by atoms with Gasteiger partial charge in [0.05, 0.1) is 11.1 Å². The minimum atomic E-state index is -4.62. The molecule has 0 unspecified atom stereocenters. The fourth-order valence-electron chi connectivity index (χ4n) is 2.42. The molecule has 1 saturated carbocycles. The van der Waals surface area contributed by atoms with Crippen molar-refractivity contribution in [3.8, 4) is 5.75 Å². The molecule has 0 radical (unpaired) electrons. The van der Waals surface area contributed by atoms with E-state index in [4.69, 9.17) is 11.6 Å². The van der Waals surface area contributed by atoms with Crippen molar-refractivity contribution in [2.45, 2.75) is 25.1 Å². The maximum Gasteiger partial charge on any atom is 0.422 e. The smallest absolute Gasteiger partial charge is 0.422 e. The van der Waals surface area contributed by atoms with Gasteiger partial charge in [0.15, 0.2) is 18.2 Å². The number of rotatable bonds is 4. The summed E-state index contributed by atoms with van der Waals surface area (Å²) in [5.74, 6) is -1.73. The van der Waals surface area contributed by atoms with Crippen LogP contribution < -0.4 is 10.2 Å². The largest absolute Gasteiger partial charge is 0.481 e. The van der Waals surface area contributed by atoms with E-state index in [-0.39, 0.29) is 22.5 Å². The summed E-state index contributed by atoms with van der Waals surface area (Å²) in [6, 6.07) is 1.79. The molecule has 0 amide bonds. The van der Waals surface area contributed by atoms with Crippen molar-refractivity contribution >= 4 is 27.7 Å². The second-order valence-corrected chi connectivity index (χ2v) is 5.83. The lowest BCUT2D eigenvalue weighted by Crippen LogP contribution is -2.20. The molecule has 0 saturated heterocycles. The van der Waals surface area contributed by atoms with Crippen molar-refractivity contribution in [1.29, 1.82) is 0 Å². The maximum atomic E-state index is 14.0. The van der Waals surface area contributed by atoms with Crippen LogP contribution in [0.15, 0.2) is 23.1 Å². The molecule has 1 heterocycles. The molecule has 4 nitrogen and oxygen atoms in total. The molecule has 0 atom stereocenters. The van der Waals surface area contributed by atoms with E-state index < -0.39 is 35.0 Å². The van der Waals surface area contributed by atoms with Gasteiger partial charge in [0.1, 0.15) is 0 Å². The van der Waals surface area contributed by atoms with E-state index in [1.165, 1.54) is 6.20 Å². The van der Waals surface area contributed by atoms with Crippen molar-refractivity contribution in [2.75, 3.05) is 6.61 Å². The Morgan fingerprint density at radius 1 is 1.33 bits per heavy atom. The Labute approximate surface area is 137 Å². The zero-order chi connectivity index (χ0) is 17.6. The van der Waals surface area contributed by atoms with Gasteiger partial charge in [-0.2, -0.15) is 13.2 Å². The van der Waals surface area contributed by atoms with E-state index in [0.29, 0.717) is 0 Å². The van der Waals surface area contributed by atoms with E-state index in [1.54, 1.807) is 4.57 Å². The van der Waals surface area contributed by atoms with E-state index in [1.807, 2.05) is 0 Å². The first-order chi connectivity index (χ1) is 11.2. The molecule has 0 aliphatic heterocycles. The van der Waals surface area contributed by atoms with Crippen molar-refractivity contribution in [3.63, 3.8) is 0 Å². The van der Waals surface area contributed by atoms with E-state index in [0.717, 1.165) is 25.0 Å². The summed E-state index contributed by atoms with van der Waals surface area (Å²) in [4.78, 5) is 23.6. The third-order valence-electron chi connectivity index (χ3n) is 3.63. The Morgan fingerprint density at radius 3 is 2.54 bits per heavy atom. The minimum Gasteiger partial charge on any atom is -0.481 e. The molecular weight excluding hydrogens is 354 g/mol. The molecule has 1 fully saturated rings. The number of aromatic nitrogens is 1. The van der Waals surface area contributed by atoms with E-state index >= 15 is 0 Å². The molecule has 9 heteroatoms. The van der Waals surface area contributed by atoms with Gasteiger partial charge in [-0.05, 0) is 30.5 Å². The summed E-state index contributed by atoms with van der Waals surface area (Å²) in [6.45, 7) is -1.65. The minimum absolute atomic E-state index is 0.0243. The second kappa shape index (κ2) is 5.77. The van der Waals surface area contributed by atoms with Crippen LogP contribution in [0.5, 0.6) is 5.75 Å². The number of alkyl halides is 3. The molecule has 0 spiro atoms. The van der Waals surface area contributed by atoms with Gasteiger partial charge in [0, 0.05) is 23.7 Å². The first-order valence-electron chi connectivity index (χ1n) is 6.95. The van der Waals surface area contributed by atoms with E-state index in [2.05, 4.69) is 4.74 Å². The molecule has 1 aliphatic carbocycles. The van der Waals surface area contributed by atoms with Crippen LogP contribution in [-0.4, -0.2) is 22.6 Å². The van der Waals surface area contributed by atoms with Crippen LogP contribution in [0.2, 0.25) is 0 Å². The number of halogens is 5. The number of ether oxygens (including phenoxy) is 1. The summed E-state index contributed by atoms with van der Waals surface area (Å²) in [5.41, 5.74) is -0.884. The summed E-state index contributed by atoms with van der Waals surface area (Å²) in [6.07, 6.45) is -1.83. The zero-order valence-electron chi connectivity index (χ0n) is 12.0.